The van der Waals surface area contributed by atoms with E-state index in [1.807, 2.05) is 31.2 Å². The first-order valence-electron chi connectivity index (χ1n) is 10.9. The molecular formula is C27H30N2OS. The molecule has 0 atom stereocenters. The Labute approximate surface area is 189 Å². The highest BCUT2D eigenvalue weighted by Gasteiger charge is 2.21. The van der Waals surface area contributed by atoms with Crippen LogP contribution in [0.1, 0.15) is 34.3 Å². The Morgan fingerprint density at radius 3 is 2.42 bits per heavy atom. The molecule has 0 aliphatic carbocycles. The molecule has 1 aliphatic heterocycles. The van der Waals surface area contributed by atoms with Crippen LogP contribution in [0, 0.1) is 6.92 Å². The fraction of sp³-hybridized carbons (Fsp3) is 0.296. The summed E-state index contributed by atoms with van der Waals surface area (Å²) in [6.45, 7) is 4.95. The molecule has 3 nitrogen and oxygen atoms in total. The van der Waals surface area contributed by atoms with Crippen molar-refractivity contribution in [3.05, 3.63) is 89.5 Å². The normalized spacial score (nSPS) is 15.0. The smallest absolute Gasteiger partial charge is 0.251 e. The van der Waals surface area contributed by atoms with Gasteiger partial charge in [0.15, 0.2) is 0 Å². The zero-order valence-corrected chi connectivity index (χ0v) is 19.1. The molecule has 0 saturated carbocycles. The summed E-state index contributed by atoms with van der Waals surface area (Å²) in [6.07, 6.45) is 4.09. The second-order valence-electron chi connectivity index (χ2n) is 8.27. The number of amides is 1. The predicted molar refractivity (Wildman–Crippen MR) is 131 cm³/mol. The summed E-state index contributed by atoms with van der Waals surface area (Å²) in [5.74, 6) is 0.0525. The van der Waals surface area contributed by atoms with E-state index < -0.39 is 0 Å². The maximum Gasteiger partial charge on any atom is 0.251 e. The number of aryl methyl sites for hydroxylation is 1. The number of hydrogen-bond acceptors (Lipinski definition) is 3. The molecule has 1 N–H and O–H groups in total. The van der Waals surface area contributed by atoms with E-state index in [0.717, 1.165) is 43.6 Å². The molecule has 0 spiro atoms. The third-order valence-corrected chi connectivity index (χ3v) is 6.81. The van der Waals surface area contributed by atoms with Crippen LogP contribution in [0.3, 0.4) is 0 Å². The molecule has 1 saturated heterocycles. The molecule has 31 heavy (non-hydrogen) atoms. The number of thioether (sulfide) groups is 1. The standard InChI is InChI=1S/C27H30N2OS/c1-20-6-3-4-9-26(20)27(30)28-24-14-16-29(17-15-24)19-21-7-5-8-23(18-21)22-10-12-25(31-2)13-11-22/h3-13,18,24H,14-17,19H2,1-2H3,(H,28,30). The predicted octanol–water partition coefficient (Wildman–Crippen LogP) is 5.78. The molecule has 3 aromatic rings. The first-order valence-corrected chi connectivity index (χ1v) is 12.2. The van der Waals surface area contributed by atoms with E-state index >= 15 is 0 Å². The van der Waals surface area contributed by atoms with Gasteiger partial charge >= 0.3 is 0 Å². The van der Waals surface area contributed by atoms with Crippen LogP contribution in [0.25, 0.3) is 11.1 Å². The Hall–Kier alpha value is -2.56. The van der Waals surface area contributed by atoms with Gasteiger partial charge in [-0.25, -0.2) is 0 Å². The number of piperidine rings is 1. The highest BCUT2D eigenvalue weighted by molar-refractivity contribution is 7.98. The highest BCUT2D eigenvalue weighted by Crippen LogP contribution is 2.25. The summed E-state index contributed by atoms with van der Waals surface area (Å²) >= 11 is 1.77. The first kappa shape index (κ1) is 21.7. The van der Waals surface area contributed by atoms with Crippen LogP contribution in [0.5, 0.6) is 0 Å². The van der Waals surface area contributed by atoms with Gasteiger partial charge in [0.25, 0.3) is 5.91 Å². The van der Waals surface area contributed by atoms with Gasteiger partial charge in [0.1, 0.15) is 0 Å². The van der Waals surface area contributed by atoms with Crippen molar-refractivity contribution < 1.29 is 4.79 Å². The van der Waals surface area contributed by atoms with E-state index in [2.05, 4.69) is 65.0 Å². The molecule has 1 amide bonds. The van der Waals surface area contributed by atoms with Crippen molar-refractivity contribution in [2.45, 2.75) is 37.2 Å². The third-order valence-electron chi connectivity index (χ3n) is 6.07. The molecule has 160 valence electrons. The lowest BCUT2D eigenvalue weighted by Gasteiger charge is -2.32. The van der Waals surface area contributed by atoms with Crippen molar-refractivity contribution in [2.75, 3.05) is 19.3 Å². The van der Waals surface area contributed by atoms with Crippen molar-refractivity contribution in [1.82, 2.24) is 10.2 Å². The fourth-order valence-electron chi connectivity index (χ4n) is 4.22. The van der Waals surface area contributed by atoms with Crippen LogP contribution in [0.2, 0.25) is 0 Å². The molecule has 0 unspecified atom stereocenters. The summed E-state index contributed by atoms with van der Waals surface area (Å²) in [5, 5.41) is 3.23. The van der Waals surface area contributed by atoms with Crippen LogP contribution in [-0.2, 0) is 6.54 Å². The summed E-state index contributed by atoms with van der Waals surface area (Å²) < 4.78 is 0. The van der Waals surface area contributed by atoms with E-state index in [4.69, 9.17) is 0 Å². The molecule has 0 radical (unpaired) electrons. The van der Waals surface area contributed by atoms with Crippen molar-refractivity contribution in [3.63, 3.8) is 0 Å². The lowest BCUT2D eigenvalue weighted by atomic mass is 10.0. The van der Waals surface area contributed by atoms with Gasteiger partial charge < -0.3 is 5.32 Å². The van der Waals surface area contributed by atoms with E-state index in [-0.39, 0.29) is 11.9 Å². The van der Waals surface area contributed by atoms with Gasteiger partial charge in [0, 0.05) is 36.1 Å². The third kappa shape index (κ3) is 5.57. The maximum atomic E-state index is 12.6. The van der Waals surface area contributed by atoms with Crippen LogP contribution >= 0.6 is 11.8 Å². The zero-order chi connectivity index (χ0) is 21.6. The number of carbonyl (C=O) groups excluding carboxylic acids is 1. The van der Waals surface area contributed by atoms with E-state index in [1.165, 1.54) is 21.6 Å². The maximum absolute atomic E-state index is 12.6. The van der Waals surface area contributed by atoms with Crippen molar-refractivity contribution in [3.8, 4) is 11.1 Å². The Morgan fingerprint density at radius 1 is 0.968 bits per heavy atom. The zero-order valence-electron chi connectivity index (χ0n) is 18.3. The number of likely N-dealkylation sites (tertiary alicyclic amines) is 1. The van der Waals surface area contributed by atoms with Gasteiger partial charge in [-0.15, -0.1) is 11.8 Å². The number of carbonyl (C=O) groups is 1. The van der Waals surface area contributed by atoms with Gasteiger partial charge in [-0.2, -0.15) is 0 Å². The molecule has 0 aromatic heterocycles. The second kappa shape index (κ2) is 10.2. The minimum absolute atomic E-state index is 0.0525. The molecule has 1 fully saturated rings. The average molecular weight is 431 g/mol. The molecule has 0 bridgehead atoms. The van der Waals surface area contributed by atoms with Crippen LogP contribution in [0.15, 0.2) is 77.7 Å². The van der Waals surface area contributed by atoms with Gasteiger partial charge in [0.2, 0.25) is 0 Å². The summed E-state index contributed by atoms with van der Waals surface area (Å²) in [6, 6.07) is 25.7. The second-order valence-corrected chi connectivity index (χ2v) is 9.15. The van der Waals surface area contributed by atoms with Gasteiger partial charge in [0.05, 0.1) is 0 Å². The van der Waals surface area contributed by atoms with Crippen LogP contribution < -0.4 is 5.32 Å². The van der Waals surface area contributed by atoms with E-state index in [1.54, 1.807) is 11.8 Å². The summed E-state index contributed by atoms with van der Waals surface area (Å²) in [5.41, 5.74) is 5.68. The SMILES string of the molecule is CSc1ccc(-c2cccc(CN3CCC(NC(=O)c4ccccc4C)CC3)c2)cc1. The number of nitrogens with zero attached hydrogens (tertiary/aromatic N) is 1. The first-order chi connectivity index (χ1) is 15.1. The van der Waals surface area contributed by atoms with Gasteiger partial charge in [-0.1, -0.05) is 48.5 Å². The number of rotatable bonds is 6. The Bertz CT molecular complexity index is 1020. The highest BCUT2D eigenvalue weighted by atomic mass is 32.2. The molecule has 3 aromatic carbocycles. The fourth-order valence-corrected chi connectivity index (χ4v) is 4.63. The molecule has 1 heterocycles. The number of hydrogen-bond donors (Lipinski definition) is 1. The molecule has 4 heteroatoms. The largest absolute Gasteiger partial charge is 0.349 e. The van der Waals surface area contributed by atoms with Gasteiger partial charge in [-0.05, 0) is 72.5 Å². The Kier molecular flexibility index (Phi) is 7.10. The van der Waals surface area contributed by atoms with E-state index in [9.17, 15) is 4.79 Å². The van der Waals surface area contributed by atoms with Crippen molar-refractivity contribution in [2.24, 2.45) is 0 Å². The Balaban J connectivity index is 1.32. The Morgan fingerprint density at radius 2 is 1.71 bits per heavy atom. The topological polar surface area (TPSA) is 32.3 Å². The monoisotopic (exact) mass is 430 g/mol. The van der Waals surface area contributed by atoms with Crippen molar-refractivity contribution >= 4 is 17.7 Å². The minimum atomic E-state index is 0.0525. The molecule has 4 rings (SSSR count). The van der Waals surface area contributed by atoms with E-state index in [0.29, 0.717) is 0 Å². The van der Waals surface area contributed by atoms with Gasteiger partial charge in [-0.3, -0.25) is 9.69 Å². The summed E-state index contributed by atoms with van der Waals surface area (Å²) in [4.78, 5) is 16.4. The summed E-state index contributed by atoms with van der Waals surface area (Å²) in [7, 11) is 0. The average Bonchev–Trinajstić information content (AvgIpc) is 2.81. The van der Waals surface area contributed by atoms with Crippen LogP contribution in [-0.4, -0.2) is 36.2 Å². The molecular weight excluding hydrogens is 400 g/mol. The lowest BCUT2D eigenvalue weighted by molar-refractivity contribution is 0.0908. The quantitative estimate of drug-likeness (QED) is 0.503. The lowest BCUT2D eigenvalue weighted by Crippen LogP contribution is -2.44. The molecule has 1 aliphatic rings. The minimum Gasteiger partial charge on any atom is -0.349 e. The number of benzene rings is 3. The number of nitrogens with one attached hydrogen (secondary N) is 1. The van der Waals surface area contributed by atoms with Crippen molar-refractivity contribution in [1.29, 1.82) is 0 Å². The van der Waals surface area contributed by atoms with Crippen LogP contribution in [0.4, 0.5) is 0 Å².